The van der Waals surface area contributed by atoms with E-state index < -0.39 is 0 Å². The third-order valence-electron chi connectivity index (χ3n) is 2.34. The van der Waals surface area contributed by atoms with Crippen LogP contribution >= 0.6 is 15.9 Å². The van der Waals surface area contributed by atoms with Crippen molar-refractivity contribution in [2.45, 2.75) is 52.1 Å². The fraction of sp³-hybridized carbons (Fsp3) is 0.667. The molecule has 0 aromatic carbocycles. The first kappa shape index (κ1) is 12.8. The molecule has 0 saturated heterocycles. The van der Waals surface area contributed by atoms with Crippen LogP contribution in [0.4, 0.5) is 0 Å². The normalized spacial score (nSPS) is 13.4. The van der Waals surface area contributed by atoms with Gasteiger partial charge in [-0.15, -0.1) is 0 Å². The highest BCUT2D eigenvalue weighted by Gasteiger charge is 2.17. The largest absolute Gasteiger partial charge is 0.466 e. The molecule has 0 amide bonds. The predicted octanol–water partition coefficient (Wildman–Crippen LogP) is 4.27. The molecule has 0 radical (unpaired) electrons. The topological polar surface area (TPSA) is 25.2 Å². The summed E-state index contributed by atoms with van der Waals surface area (Å²) in [5, 5.41) is 3.53. The van der Waals surface area contributed by atoms with Crippen molar-refractivity contribution >= 4 is 15.9 Å². The molecule has 0 aliphatic rings. The molecule has 1 N–H and O–H groups in total. The van der Waals surface area contributed by atoms with Crippen molar-refractivity contribution in [2.24, 2.45) is 0 Å². The van der Waals surface area contributed by atoms with Crippen molar-refractivity contribution < 1.29 is 4.42 Å². The van der Waals surface area contributed by atoms with Crippen molar-refractivity contribution in [1.82, 2.24) is 5.32 Å². The molecule has 0 spiro atoms. The lowest BCUT2D eigenvalue weighted by atomic mass is 10.1. The molecule has 1 aromatic rings. The lowest BCUT2D eigenvalue weighted by molar-refractivity contribution is 0.364. The van der Waals surface area contributed by atoms with Crippen LogP contribution < -0.4 is 5.32 Å². The molecule has 3 heteroatoms. The average molecular weight is 274 g/mol. The van der Waals surface area contributed by atoms with Gasteiger partial charge in [-0.3, -0.25) is 0 Å². The highest BCUT2D eigenvalue weighted by atomic mass is 79.9. The molecule has 86 valence electrons. The van der Waals surface area contributed by atoms with Crippen LogP contribution in [0.25, 0.3) is 0 Å². The van der Waals surface area contributed by atoms with Crippen molar-refractivity contribution in [2.75, 3.05) is 0 Å². The molecule has 0 aliphatic carbocycles. The van der Waals surface area contributed by atoms with Gasteiger partial charge in [-0.2, -0.15) is 0 Å². The Labute approximate surface area is 101 Å². The zero-order chi connectivity index (χ0) is 11.3. The number of hydrogen-bond donors (Lipinski definition) is 1. The molecular formula is C12H20BrNO. The van der Waals surface area contributed by atoms with E-state index in [2.05, 4.69) is 42.0 Å². The molecule has 1 rings (SSSR count). The molecule has 0 saturated carbocycles. The Bertz CT molecular complexity index is 283. The van der Waals surface area contributed by atoms with Gasteiger partial charge in [-0.05, 0) is 28.4 Å². The maximum atomic E-state index is 5.51. The number of rotatable bonds is 6. The van der Waals surface area contributed by atoms with E-state index in [0.717, 1.165) is 16.7 Å². The highest BCUT2D eigenvalue weighted by Crippen LogP contribution is 2.28. The number of furan rings is 1. The van der Waals surface area contributed by atoms with Crippen LogP contribution in [0.1, 0.15) is 51.8 Å². The molecule has 0 bridgehead atoms. The number of hydrogen-bond acceptors (Lipinski definition) is 2. The minimum absolute atomic E-state index is 0.328. The predicted molar refractivity (Wildman–Crippen MR) is 66.9 cm³/mol. The van der Waals surface area contributed by atoms with Gasteiger partial charge in [0.25, 0.3) is 0 Å². The lowest BCUT2D eigenvalue weighted by Gasteiger charge is -2.19. The minimum Gasteiger partial charge on any atom is -0.466 e. The van der Waals surface area contributed by atoms with Crippen LogP contribution in [0.15, 0.2) is 21.2 Å². The van der Waals surface area contributed by atoms with Gasteiger partial charge < -0.3 is 9.73 Å². The maximum Gasteiger partial charge on any atom is 0.134 e. The van der Waals surface area contributed by atoms with Gasteiger partial charge in [-0.1, -0.05) is 33.6 Å². The summed E-state index contributed by atoms with van der Waals surface area (Å²) in [6.45, 7) is 6.54. The Balaban J connectivity index is 2.67. The minimum atomic E-state index is 0.328. The fourth-order valence-corrected chi connectivity index (χ4v) is 2.13. The second-order valence-electron chi connectivity index (χ2n) is 4.15. The molecule has 1 aromatic heterocycles. The Morgan fingerprint density at radius 1 is 1.47 bits per heavy atom. The monoisotopic (exact) mass is 273 g/mol. The molecule has 0 aliphatic heterocycles. The summed E-state index contributed by atoms with van der Waals surface area (Å²) in [6, 6.07) is 2.76. The number of nitrogens with one attached hydrogen (secondary N) is 1. The van der Waals surface area contributed by atoms with Crippen LogP contribution in [0.3, 0.4) is 0 Å². The van der Waals surface area contributed by atoms with Gasteiger partial charge in [-0.25, -0.2) is 0 Å². The summed E-state index contributed by atoms with van der Waals surface area (Å²) >= 11 is 3.51. The van der Waals surface area contributed by atoms with E-state index in [9.17, 15) is 0 Å². The molecule has 1 atom stereocenters. The zero-order valence-corrected chi connectivity index (χ0v) is 11.3. The first-order valence-corrected chi connectivity index (χ1v) is 6.43. The molecule has 2 nitrogen and oxygen atoms in total. The average Bonchev–Trinajstić information content (AvgIpc) is 2.58. The summed E-state index contributed by atoms with van der Waals surface area (Å²) in [7, 11) is 0. The van der Waals surface area contributed by atoms with Gasteiger partial charge in [0.1, 0.15) is 5.76 Å². The van der Waals surface area contributed by atoms with E-state index in [1.807, 2.05) is 6.07 Å². The lowest BCUT2D eigenvalue weighted by Crippen LogP contribution is -2.28. The van der Waals surface area contributed by atoms with E-state index in [-0.39, 0.29) is 0 Å². The van der Waals surface area contributed by atoms with Crippen molar-refractivity contribution in [3.8, 4) is 0 Å². The maximum absolute atomic E-state index is 5.51. The van der Waals surface area contributed by atoms with Crippen LogP contribution in [0.2, 0.25) is 0 Å². The van der Waals surface area contributed by atoms with E-state index in [1.54, 1.807) is 6.26 Å². The van der Waals surface area contributed by atoms with E-state index in [1.165, 1.54) is 12.8 Å². The number of unbranched alkanes of at least 4 members (excludes halogenated alkanes) is 1. The Morgan fingerprint density at radius 3 is 2.67 bits per heavy atom. The third kappa shape index (κ3) is 3.99. The first-order chi connectivity index (χ1) is 7.15. The quantitative estimate of drug-likeness (QED) is 0.838. The molecule has 1 heterocycles. The van der Waals surface area contributed by atoms with Crippen LogP contribution in [-0.4, -0.2) is 6.04 Å². The van der Waals surface area contributed by atoms with Gasteiger partial charge >= 0.3 is 0 Å². The zero-order valence-electron chi connectivity index (χ0n) is 9.72. The van der Waals surface area contributed by atoms with Gasteiger partial charge in [0, 0.05) is 6.04 Å². The fourth-order valence-electron chi connectivity index (χ4n) is 1.65. The smallest absolute Gasteiger partial charge is 0.134 e. The Morgan fingerprint density at radius 2 is 2.20 bits per heavy atom. The first-order valence-electron chi connectivity index (χ1n) is 5.64. The van der Waals surface area contributed by atoms with Crippen molar-refractivity contribution in [3.05, 3.63) is 22.6 Å². The standard InChI is InChI=1S/C12H20BrNO/c1-4-5-6-11(14-9(2)3)12-10(13)7-8-15-12/h7-9,11,14H,4-6H2,1-3H3. The SMILES string of the molecule is CCCCC(NC(C)C)c1occc1Br. The van der Waals surface area contributed by atoms with Crippen molar-refractivity contribution in [1.29, 1.82) is 0 Å². The summed E-state index contributed by atoms with van der Waals surface area (Å²) in [5.74, 6) is 1.03. The van der Waals surface area contributed by atoms with E-state index in [0.29, 0.717) is 12.1 Å². The second-order valence-corrected chi connectivity index (χ2v) is 5.00. The highest BCUT2D eigenvalue weighted by molar-refractivity contribution is 9.10. The summed E-state index contributed by atoms with van der Waals surface area (Å²) in [4.78, 5) is 0. The van der Waals surface area contributed by atoms with Crippen LogP contribution in [0.5, 0.6) is 0 Å². The number of halogens is 1. The molecular weight excluding hydrogens is 254 g/mol. The molecule has 15 heavy (non-hydrogen) atoms. The van der Waals surface area contributed by atoms with Gasteiger partial charge in [0.15, 0.2) is 0 Å². The Kier molecular flexibility index (Phi) is 5.40. The summed E-state index contributed by atoms with van der Waals surface area (Å²) in [5.41, 5.74) is 0. The van der Waals surface area contributed by atoms with Gasteiger partial charge in [0.05, 0.1) is 16.8 Å². The van der Waals surface area contributed by atoms with Crippen LogP contribution in [-0.2, 0) is 0 Å². The van der Waals surface area contributed by atoms with E-state index >= 15 is 0 Å². The van der Waals surface area contributed by atoms with Crippen LogP contribution in [0, 0.1) is 0 Å². The van der Waals surface area contributed by atoms with Crippen molar-refractivity contribution in [3.63, 3.8) is 0 Å². The second kappa shape index (κ2) is 6.33. The summed E-state index contributed by atoms with van der Waals surface area (Å²) < 4.78 is 6.58. The third-order valence-corrected chi connectivity index (χ3v) is 3.00. The molecule has 1 unspecified atom stereocenters. The molecule has 0 fully saturated rings. The summed E-state index contributed by atoms with van der Waals surface area (Å²) in [6.07, 6.45) is 5.30. The Hall–Kier alpha value is -0.280. The van der Waals surface area contributed by atoms with Gasteiger partial charge in [0.2, 0.25) is 0 Å². The van der Waals surface area contributed by atoms with E-state index in [4.69, 9.17) is 4.42 Å².